The molecule has 2 aromatic carbocycles. The molecule has 0 spiro atoms. The third-order valence-electron chi connectivity index (χ3n) is 5.87. The van der Waals surface area contributed by atoms with E-state index in [1.165, 1.54) is 4.90 Å². The maximum absolute atomic E-state index is 12.6. The van der Waals surface area contributed by atoms with Crippen LogP contribution < -0.4 is 10.2 Å². The van der Waals surface area contributed by atoms with Gasteiger partial charge in [-0.1, -0.05) is 30.3 Å². The summed E-state index contributed by atoms with van der Waals surface area (Å²) in [5.74, 6) is 0.728. The number of amides is 2. The molecule has 0 saturated carbocycles. The first-order valence-corrected chi connectivity index (χ1v) is 10.8. The molecule has 162 valence electrons. The van der Waals surface area contributed by atoms with Crippen LogP contribution in [0.1, 0.15) is 23.4 Å². The number of nitrogens with one attached hydrogen (secondary N) is 2. The Kier molecular flexibility index (Phi) is 6.32. The Balaban J connectivity index is 1.22. The lowest BCUT2D eigenvalue weighted by Gasteiger charge is -2.32. The summed E-state index contributed by atoms with van der Waals surface area (Å²) in [5, 5.41) is 3.05. The Morgan fingerprint density at radius 2 is 1.77 bits per heavy atom. The fraction of sp³-hybridized carbons (Fsp3) is 0.375. The summed E-state index contributed by atoms with van der Waals surface area (Å²) < 4.78 is 5.70. The summed E-state index contributed by atoms with van der Waals surface area (Å²) in [6.07, 6.45) is 0.883. The number of nitrogens with zero attached hydrogens (tertiary/aromatic N) is 2. The number of para-hydroxylation sites is 3. The van der Waals surface area contributed by atoms with E-state index < -0.39 is 0 Å². The molecule has 7 heteroatoms. The standard InChI is InChI=1S/C24H28N4O3/c1-17-6-5-7-18(2)24(17)26-21(29)16-27-12-14-28(15-13-27)23(30)11-10-22-25-19-8-3-4-9-20(19)31-22/h3-9H,10-16H2,1-2H3,(H,26,29)/p+1. The second kappa shape index (κ2) is 9.31. The molecule has 31 heavy (non-hydrogen) atoms. The van der Waals surface area contributed by atoms with Crippen LogP contribution in [0.3, 0.4) is 0 Å². The van der Waals surface area contributed by atoms with Crippen LogP contribution in [-0.4, -0.2) is 54.4 Å². The number of carbonyl (C=O) groups excluding carboxylic acids is 2. The zero-order valence-electron chi connectivity index (χ0n) is 18.1. The smallest absolute Gasteiger partial charge is 0.279 e. The number of hydrogen-bond donors (Lipinski definition) is 2. The van der Waals surface area contributed by atoms with Gasteiger partial charge in [-0.15, -0.1) is 0 Å². The van der Waals surface area contributed by atoms with E-state index in [0.717, 1.165) is 41.0 Å². The number of piperazine rings is 1. The zero-order chi connectivity index (χ0) is 21.8. The highest BCUT2D eigenvalue weighted by Crippen LogP contribution is 2.19. The summed E-state index contributed by atoms with van der Waals surface area (Å²) in [7, 11) is 0. The number of anilines is 1. The summed E-state index contributed by atoms with van der Waals surface area (Å²) in [5.41, 5.74) is 4.61. The summed E-state index contributed by atoms with van der Waals surface area (Å²) in [4.78, 5) is 32.6. The van der Waals surface area contributed by atoms with Crippen molar-refractivity contribution in [1.29, 1.82) is 0 Å². The molecular weight excluding hydrogens is 392 g/mol. The topological polar surface area (TPSA) is 79.9 Å². The SMILES string of the molecule is Cc1cccc(C)c1NC(=O)C[NH+]1CCN(C(=O)CCc2nc3ccccc3o2)CC1. The Hall–Kier alpha value is -3.19. The molecule has 1 fully saturated rings. The molecule has 0 radical (unpaired) electrons. The summed E-state index contributed by atoms with van der Waals surface area (Å²) >= 11 is 0. The van der Waals surface area contributed by atoms with Crippen LogP contribution in [0.15, 0.2) is 46.9 Å². The van der Waals surface area contributed by atoms with Gasteiger partial charge in [0.15, 0.2) is 18.0 Å². The number of aromatic nitrogens is 1. The molecule has 0 aliphatic carbocycles. The predicted octanol–water partition coefficient (Wildman–Crippen LogP) is 1.74. The van der Waals surface area contributed by atoms with Gasteiger partial charge in [-0.25, -0.2) is 4.98 Å². The van der Waals surface area contributed by atoms with Crippen LogP contribution in [0.4, 0.5) is 5.69 Å². The summed E-state index contributed by atoms with van der Waals surface area (Å²) in [6, 6.07) is 13.6. The van der Waals surface area contributed by atoms with E-state index in [1.807, 2.05) is 61.2 Å². The molecule has 2 heterocycles. The van der Waals surface area contributed by atoms with Gasteiger partial charge in [0.2, 0.25) is 5.91 Å². The third kappa shape index (κ3) is 5.11. The van der Waals surface area contributed by atoms with E-state index in [9.17, 15) is 9.59 Å². The fourth-order valence-corrected chi connectivity index (χ4v) is 4.07. The molecule has 1 saturated heterocycles. The Bertz CT molecular complexity index is 1030. The first kappa shape index (κ1) is 21.1. The van der Waals surface area contributed by atoms with Gasteiger partial charge in [0.1, 0.15) is 5.52 Å². The van der Waals surface area contributed by atoms with Crippen LogP contribution in [0.5, 0.6) is 0 Å². The highest BCUT2D eigenvalue weighted by atomic mass is 16.3. The van der Waals surface area contributed by atoms with Crippen LogP contribution in [0, 0.1) is 13.8 Å². The minimum Gasteiger partial charge on any atom is -0.441 e. The molecule has 0 unspecified atom stereocenters. The van der Waals surface area contributed by atoms with Gasteiger partial charge >= 0.3 is 0 Å². The van der Waals surface area contributed by atoms with Crippen molar-refractivity contribution in [2.45, 2.75) is 26.7 Å². The van der Waals surface area contributed by atoms with Crippen molar-refractivity contribution in [3.8, 4) is 0 Å². The number of oxazole rings is 1. The van der Waals surface area contributed by atoms with Crippen molar-refractivity contribution in [1.82, 2.24) is 9.88 Å². The highest BCUT2D eigenvalue weighted by Gasteiger charge is 2.25. The molecule has 1 aliphatic heterocycles. The number of fused-ring (bicyclic) bond motifs is 1. The molecule has 2 N–H and O–H groups in total. The van der Waals surface area contributed by atoms with Crippen LogP contribution in [0.25, 0.3) is 11.1 Å². The average Bonchev–Trinajstić information content (AvgIpc) is 3.18. The molecule has 1 aromatic heterocycles. The number of carbonyl (C=O) groups is 2. The van der Waals surface area contributed by atoms with Crippen LogP contribution in [0.2, 0.25) is 0 Å². The maximum Gasteiger partial charge on any atom is 0.279 e. The second-order valence-corrected chi connectivity index (χ2v) is 8.20. The predicted molar refractivity (Wildman–Crippen MR) is 119 cm³/mol. The van der Waals surface area contributed by atoms with E-state index in [-0.39, 0.29) is 11.8 Å². The van der Waals surface area contributed by atoms with E-state index >= 15 is 0 Å². The van der Waals surface area contributed by atoms with Crippen LogP contribution >= 0.6 is 0 Å². The molecule has 3 aromatic rings. The maximum atomic E-state index is 12.6. The van der Waals surface area contributed by atoms with Crippen molar-refractivity contribution in [2.24, 2.45) is 0 Å². The largest absolute Gasteiger partial charge is 0.441 e. The Morgan fingerprint density at radius 1 is 1.06 bits per heavy atom. The van der Waals surface area contributed by atoms with Gasteiger partial charge in [-0.2, -0.15) is 0 Å². The van der Waals surface area contributed by atoms with Crippen LogP contribution in [-0.2, 0) is 16.0 Å². The third-order valence-corrected chi connectivity index (χ3v) is 5.87. The molecule has 0 bridgehead atoms. The molecule has 0 atom stereocenters. The van der Waals surface area contributed by atoms with Gasteiger partial charge < -0.3 is 19.5 Å². The van der Waals surface area contributed by atoms with Gasteiger partial charge in [0, 0.05) is 18.5 Å². The summed E-state index contributed by atoms with van der Waals surface area (Å²) in [6.45, 7) is 7.29. The lowest BCUT2D eigenvalue weighted by molar-refractivity contribution is -0.895. The van der Waals surface area contributed by atoms with Crippen molar-refractivity contribution < 1.29 is 18.9 Å². The van der Waals surface area contributed by atoms with Gasteiger partial charge in [0.05, 0.1) is 26.2 Å². The second-order valence-electron chi connectivity index (χ2n) is 8.20. The Labute approximate surface area is 182 Å². The number of quaternary nitrogens is 1. The number of rotatable bonds is 6. The normalized spacial score (nSPS) is 14.7. The van der Waals surface area contributed by atoms with Gasteiger partial charge in [-0.05, 0) is 37.1 Å². The molecule has 7 nitrogen and oxygen atoms in total. The van der Waals surface area contributed by atoms with Gasteiger partial charge in [0.25, 0.3) is 5.91 Å². The number of aryl methyl sites for hydroxylation is 3. The quantitative estimate of drug-likeness (QED) is 0.636. The monoisotopic (exact) mass is 421 g/mol. The molecule has 4 rings (SSSR count). The molecular formula is C24H29N4O3+. The lowest BCUT2D eigenvalue weighted by atomic mass is 10.1. The van der Waals surface area contributed by atoms with E-state index in [2.05, 4.69) is 10.3 Å². The number of hydrogen-bond acceptors (Lipinski definition) is 4. The minimum atomic E-state index is 0.0168. The van der Waals surface area contributed by atoms with Crippen molar-refractivity contribution >= 4 is 28.6 Å². The molecule has 2 amide bonds. The average molecular weight is 422 g/mol. The fourth-order valence-electron chi connectivity index (χ4n) is 4.07. The first-order chi connectivity index (χ1) is 15.0. The number of benzene rings is 2. The highest BCUT2D eigenvalue weighted by molar-refractivity contribution is 5.93. The van der Waals surface area contributed by atoms with E-state index in [0.29, 0.717) is 38.4 Å². The van der Waals surface area contributed by atoms with Crippen molar-refractivity contribution in [3.63, 3.8) is 0 Å². The van der Waals surface area contributed by atoms with Crippen molar-refractivity contribution in [2.75, 3.05) is 38.0 Å². The lowest BCUT2D eigenvalue weighted by Crippen LogP contribution is -3.15. The minimum absolute atomic E-state index is 0.0168. The van der Waals surface area contributed by atoms with Gasteiger partial charge in [-0.3, -0.25) is 9.59 Å². The van der Waals surface area contributed by atoms with Crippen molar-refractivity contribution in [3.05, 3.63) is 59.5 Å². The van der Waals surface area contributed by atoms with E-state index in [4.69, 9.17) is 4.42 Å². The first-order valence-electron chi connectivity index (χ1n) is 10.8. The zero-order valence-corrected chi connectivity index (χ0v) is 18.1. The van der Waals surface area contributed by atoms with E-state index in [1.54, 1.807) is 0 Å². The molecule has 1 aliphatic rings. The Morgan fingerprint density at radius 3 is 2.48 bits per heavy atom.